The fraction of sp³-hybridized carbons (Fsp3) is 0.360. The summed E-state index contributed by atoms with van der Waals surface area (Å²) in [5.74, 6) is -1.49. The Morgan fingerprint density at radius 2 is 1.79 bits per heavy atom. The molecule has 0 radical (unpaired) electrons. The van der Waals surface area contributed by atoms with Crippen LogP contribution in [-0.4, -0.2) is 47.7 Å². The second-order valence-electron chi connectivity index (χ2n) is 8.98. The van der Waals surface area contributed by atoms with Crippen LogP contribution in [0, 0.1) is 5.92 Å². The normalized spacial score (nSPS) is 22.3. The van der Waals surface area contributed by atoms with Crippen molar-refractivity contribution in [3.63, 3.8) is 0 Å². The number of carbonyl (C=O) groups excluding carboxylic acids is 4. The van der Waals surface area contributed by atoms with E-state index < -0.39 is 23.8 Å². The van der Waals surface area contributed by atoms with E-state index in [9.17, 15) is 19.2 Å². The van der Waals surface area contributed by atoms with Crippen molar-refractivity contribution in [1.29, 1.82) is 0 Å². The average molecular weight is 447 g/mol. The molecule has 0 saturated carbocycles. The van der Waals surface area contributed by atoms with E-state index in [0.29, 0.717) is 30.1 Å². The van der Waals surface area contributed by atoms with Gasteiger partial charge in [0.2, 0.25) is 11.8 Å². The Bertz CT molecular complexity index is 1160. The Morgan fingerprint density at radius 3 is 2.58 bits per heavy atom. The fourth-order valence-electron chi connectivity index (χ4n) is 5.19. The Balaban J connectivity index is 1.40. The lowest BCUT2D eigenvalue weighted by Crippen LogP contribution is -2.54. The molecule has 5 rings (SSSR count). The highest BCUT2D eigenvalue weighted by atomic mass is 16.2. The number of nitrogens with zero attached hydrogens (tertiary/aromatic N) is 2. The van der Waals surface area contributed by atoms with Gasteiger partial charge in [-0.3, -0.25) is 29.4 Å². The number of rotatable bonds is 5. The lowest BCUT2D eigenvalue weighted by Gasteiger charge is -2.36. The number of piperidine rings is 1. The quantitative estimate of drug-likeness (QED) is 0.675. The molecule has 3 N–H and O–H groups in total. The monoisotopic (exact) mass is 446 g/mol. The molecule has 8 nitrogen and oxygen atoms in total. The third-order valence-corrected chi connectivity index (χ3v) is 6.77. The van der Waals surface area contributed by atoms with Crippen molar-refractivity contribution in [3.8, 4) is 0 Å². The number of amides is 4. The van der Waals surface area contributed by atoms with Gasteiger partial charge in [-0.05, 0) is 61.1 Å². The third kappa shape index (κ3) is 3.80. The van der Waals surface area contributed by atoms with Gasteiger partial charge in [0.1, 0.15) is 6.04 Å². The highest BCUT2D eigenvalue weighted by Gasteiger charge is 2.44. The van der Waals surface area contributed by atoms with Crippen molar-refractivity contribution in [2.45, 2.75) is 38.3 Å². The number of carbonyl (C=O) groups is 4. The molecule has 2 atom stereocenters. The topological polar surface area (TPSA) is 113 Å². The zero-order valence-corrected chi connectivity index (χ0v) is 18.3. The van der Waals surface area contributed by atoms with E-state index in [2.05, 4.69) is 22.3 Å². The molecule has 0 aromatic heterocycles. The molecule has 0 spiro atoms. The number of fused-ring (bicyclic) bond motifs is 2. The lowest BCUT2D eigenvalue weighted by molar-refractivity contribution is -0.136. The summed E-state index contributed by atoms with van der Waals surface area (Å²) in [4.78, 5) is 53.1. The predicted octanol–water partition coefficient (Wildman–Crippen LogP) is 1.62. The van der Waals surface area contributed by atoms with Crippen LogP contribution >= 0.6 is 0 Å². The van der Waals surface area contributed by atoms with Crippen molar-refractivity contribution >= 4 is 29.3 Å². The Labute approximate surface area is 191 Å². The van der Waals surface area contributed by atoms with E-state index in [1.165, 1.54) is 11.3 Å². The number of anilines is 1. The largest absolute Gasteiger partial charge is 0.367 e. The molecule has 1 saturated heterocycles. The van der Waals surface area contributed by atoms with Crippen molar-refractivity contribution < 1.29 is 19.2 Å². The maximum absolute atomic E-state index is 13.1. The highest BCUT2D eigenvalue weighted by molar-refractivity contribution is 6.23. The van der Waals surface area contributed by atoms with Gasteiger partial charge in [0.25, 0.3) is 11.8 Å². The van der Waals surface area contributed by atoms with Crippen LogP contribution in [0.2, 0.25) is 0 Å². The molecule has 8 heteroatoms. The summed E-state index contributed by atoms with van der Waals surface area (Å²) in [6, 6.07) is 12.7. The molecule has 3 heterocycles. The molecule has 2 unspecified atom stereocenters. The van der Waals surface area contributed by atoms with Gasteiger partial charge in [0.05, 0.1) is 11.1 Å². The van der Waals surface area contributed by atoms with E-state index >= 15 is 0 Å². The molecule has 3 aliphatic rings. The molecule has 4 amide bonds. The molecule has 2 aromatic rings. The summed E-state index contributed by atoms with van der Waals surface area (Å²) in [6.45, 7) is 2.12. The van der Waals surface area contributed by atoms with Crippen LogP contribution in [0.4, 0.5) is 5.69 Å². The SMILES string of the molecule is NCCC1Cc2ccccc2N(Cc2ccc3c(c2)C(=O)N(C2CCC(=O)NC2=O)C3=O)C1. The number of para-hydroxylation sites is 1. The number of hydrogen-bond donors (Lipinski definition) is 2. The van der Waals surface area contributed by atoms with Crippen LogP contribution < -0.4 is 16.0 Å². The van der Waals surface area contributed by atoms with Crippen LogP contribution in [0.1, 0.15) is 51.1 Å². The molecule has 33 heavy (non-hydrogen) atoms. The third-order valence-electron chi connectivity index (χ3n) is 6.77. The summed E-state index contributed by atoms with van der Waals surface area (Å²) >= 11 is 0. The number of nitrogens with one attached hydrogen (secondary N) is 1. The first-order valence-electron chi connectivity index (χ1n) is 11.3. The van der Waals surface area contributed by atoms with E-state index in [1.807, 2.05) is 18.2 Å². The van der Waals surface area contributed by atoms with Gasteiger partial charge in [0, 0.05) is 25.2 Å². The number of hydrogen-bond acceptors (Lipinski definition) is 6. The molecular formula is C25H26N4O4. The zero-order chi connectivity index (χ0) is 23.1. The Morgan fingerprint density at radius 1 is 1.00 bits per heavy atom. The van der Waals surface area contributed by atoms with E-state index in [0.717, 1.165) is 29.8 Å². The van der Waals surface area contributed by atoms with Gasteiger partial charge in [-0.15, -0.1) is 0 Å². The van der Waals surface area contributed by atoms with Gasteiger partial charge >= 0.3 is 0 Å². The van der Waals surface area contributed by atoms with Gasteiger partial charge < -0.3 is 10.6 Å². The van der Waals surface area contributed by atoms with Crippen LogP contribution in [-0.2, 0) is 22.6 Å². The van der Waals surface area contributed by atoms with Crippen LogP contribution in [0.3, 0.4) is 0 Å². The van der Waals surface area contributed by atoms with E-state index in [1.54, 1.807) is 12.1 Å². The lowest BCUT2D eigenvalue weighted by atomic mass is 9.90. The maximum Gasteiger partial charge on any atom is 0.262 e. The minimum atomic E-state index is -0.954. The number of benzene rings is 2. The second-order valence-corrected chi connectivity index (χ2v) is 8.98. The van der Waals surface area contributed by atoms with E-state index in [-0.39, 0.29) is 18.7 Å². The second kappa shape index (κ2) is 8.44. The summed E-state index contributed by atoms with van der Waals surface area (Å²) in [6.07, 6.45) is 2.20. The molecule has 2 aromatic carbocycles. The number of nitrogens with two attached hydrogens (primary N) is 1. The molecule has 1 fully saturated rings. The molecule has 3 aliphatic heterocycles. The zero-order valence-electron chi connectivity index (χ0n) is 18.3. The fourth-order valence-corrected chi connectivity index (χ4v) is 5.19. The Kier molecular flexibility index (Phi) is 5.46. The van der Waals surface area contributed by atoms with Crippen LogP contribution in [0.25, 0.3) is 0 Å². The summed E-state index contributed by atoms with van der Waals surface area (Å²) in [5.41, 5.74) is 9.82. The predicted molar refractivity (Wildman–Crippen MR) is 121 cm³/mol. The number of imide groups is 2. The van der Waals surface area contributed by atoms with Gasteiger partial charge in [-0.25, -0.2) is 0 Å². The summed E-state index contributed by atoms with van der Waals surface area (Å²) in [7, 11) is 0. The van der Waals surface area contributed by atoms with Crippen molar-refractivity contribution in [1.82, 2.24) is 10.2 Å². The highest BCUT2D eigenvalue weighted by Crippen LogP contribution is 2.33. The van der Waals surface area contributed by atoms with E-state index in [4.69, 9.17) is 5.73 Å². The molecule has 170 valence electrons. The van der Waals surface area contributed by atoms with Gasteiger partial charge in [-0.2, -0.15) is 0 Å². The molecular weight excluding hydrogens is 420 g/mol. The smallest absolute Gasteiger partial charge is 0.262 e. The summed E-state index contributed by atoms with van der Waals surface area (Å²) in [5, 5.41) is 2.22. The Hall–Kier alpha value is -3.52. The minimum Gasteiger partial charge on any atom is -0.367 e. The maximum atomic E-state index is 13.1. The molecule has 0 aliphatic carbocycles. The van der Waals surface area contributed by atoms with Gasteiger partial charge in [-0.1, -0.05) is 24.3 Å². The van der Waals surface area contributed by atoms with Crippen molar-refractivity contribution in [3.05, 3.63) is 64.7 Å². The first-order valence-corrected chi connectivity index (χ1v) is 11.3. The first kappa shape index (κ1) is 21.3. The van der Waals surface area contributed by atoms with Crippen molar-refractivity contribution in [2.75, 3.05) is 18.0 Å². The summed E-state index contributed by atoms with van der Waals surface area (Å²) < 4.78 is 0. The average Bonchev–Trinajstić information content (AvgIpc) is 3.04. The van der Waals surface area contributed by atoms with Crippen LogP contribution in [0.15, 0.2) is 42.5 Å². The minimum absolute atomic E-state index is 0.105. The molecule has 0 bridgehead atoms. The van der Waals surface area contributed by atoms with Gasteiger partial charge in [0.15, 0.2) is 0 Å². The first-order chi connectivity index (χ1) is 16.0. The van der Waals surface area contributed by atoms with Crippen molar-refractivity contribution in [2.24, 2.45) is 11.7 Å². The standard InChI is InChI=1S/C25H26N4O4/c26-10-9-16-11-17-3-1-2-4-20(17)28(14-16)13-15-5-6-18-19(12-15)25(33)29(24(18)32)21-7-8-22(30)27-23(21)31/h1-6,12,16,21H,7-11,13-14,26H2,(H,27,30,31). The van der Waals surface area contributed by atoms with Crippen LogP contribution in [0.5, 0.6) is 0 Å².